The highest BCUT2D eigenvalue weighted by molar-refractivity contribution is 6.33. The van der Waals surface area contributed by atoms with E-state index in [1.807, 2.05) is 18.2 Å². The van der Waals surface area contributed by atoms with Crippen LogP contribution in [0.1, 0.15) is 0 Å². The molecule has 1 aromatic heterocycles. The van der Waals surface area contributed by atoms with Gasteiger partial charge < -0.3 is 14.6 Å². The van der Waals surface area contributed by atoms with Gasteiger partial charge >= 0.3 is 0 Å². The number of hydrogen-bond donors (Lipinski definition) is 1. The second-order valence-corrected chi connectivity index (χ2v) is 5.69. The Bertz CT molecular complexity index is 924. The van der Waals surface area contributed by atoms with Crippen LogP contribution in [0.15, 0.2) is 65.7 Å². The van der Waals surface area contributed by atoms with Crippen molar-refractivity contribution in [3.63, 3.8) is 0 Å². The van der Waals surface area contributed by atoms with Crippen LogP contribution >= 0.6 is 11.6 Å². The van der Waals surface area contributed by atoms with Gasteiger partial charge in [-0.3, -0.25) is 4.79 Å². The van der Waals surface area contributed by atoms with Crippen molar-refractivity contribution >= 4 is 17.5 Å². The Morgan fingerprint density at radius 2 is 1.92 bits per heavy atom. The van der Waals surface area contributed by atoms with Crippen molar-refractivity contribution in [3.05, 3.63) is 66.2 Å². The van der Waals surface area contributed by atoms with Gasteiger partial charge in [0.15, 0.2) is 6.61 Å². The average Bonchev–Trinajstić information content (AvgIpc) is 3.15. The molecule has 0 atom stereocenters. The van der Waals surface area contributed by atoms with Crippen molar-refractivity contribution < 1.29 is 14.1 Å². The van der Waals surface area contributed by atoms with E-state index in [0.29, 0.717) is 40.2 Å². The van der Waals surface area contributed by atoms with Gasteiger partial charge in [-0.05, 0) is 24.3 Å². The molecule has 0 aliphatic heterocycles. The van der Waals surface area contributed by atoms with Crippen LogP contribution in [-0.4, -0.2) is 29.2 Å². The van der Waals surface area contributed by atoms with E-state index in [-0.39, 0.29) is 12.5 Å². The third-order valence-electron chi connectivity index (χ3n) is 3.46. The lowest BCUT2D eigenvalue weighted by molar-refractivity contribution is -0.122. The van der Waals surface area contributed by atoms with E-state index in [9.17, 15) is 4.79 Å². The lowest BCUT2D eigenvalue weighted by atomic mass is 10.2. The molecule has 3 rings (SSSR count). The van der Waals surface area contributed by atoms with E-state index >= 15 is 0 Å². The van der Waals surface area contributed by atoms with Gasteiger partial charge in [0, 0.05) is 6.54 Å². The maximum Gasteiger partial charge on any atom is 0.259 e. The van der Waals surface area contributed by atoms with Crippen molar-refractivity contribution in [3.8, 4) is 28.6 Å². The first kappa shape index (κ1) is 17.7. The summed E-state index contributed by atoms with van der Waals surface area (Å²) in [4.78, 5) is 16.1. The molecule has 1 heterocycles. The molecule has 0 radical (unpaired) electrons. The molecule has 2 aromatic carbocycles. The van der Waals surface area contributed by atoms with E-state index in [1.165, 1.54) is 0 Å². The molecule has 0 aliphatic rings. The molecular formula is C19H16ClN3O3. The standard InChI is InChI=1S/C19H16ClN3O3/c1-2-11-21-17(24)12-25-16-10-6-4-8-14(16)18-22-19(26-23-18)13-7-3-5-9-15(13)20/h2-10H,1,11-12H2,(H,21,24). The van der Waals surface area contributed by atoms with Crippen LogP contribution in [0.25, 0.3) is 22.8 Å². The Balaban J connectivity index is 1.81. The number of aromatic nitrogens is 2. The lowest BCUT2D eigenvalue weighted by Gasteiger charge is -2.09. The highest BCUT2D eigenvalue weighted by atomic mass is 35.5. The number of carbonyl (C=O) groups excluding carboxylic acids is 1. The quantitative estimate of drug-likeness (QED) is 0.642. The highest BCUT2D eigenvalue weighted by Gasteiger charge is 2.16. The van der Waals surface area contributed by atoms with E-state index in [1.54, 1.807) is 36.4 Å². The molecule has 0 bridgehead atoms. The number of nitrogens with one attached hydrogen (secondary N) is 1. The first-order valence-electron chi connectivity index (χ1n) is 7.87. The number of rotatable bonds is 7. The fourth-order valence-electron chi connectivity index (χ4n) is 2.23. The predicted molar refractivity (Wildman–Crippen MR) is 98.9 cm³/mol. The largest absolute Gasteiger partial charge is 0.483 e. The summed E-state index contributed by atoms with van der Waals surface area (Å²) in [5.41, 5.74) is 1.26. The Morgan fingerprint density at radius 3 is 2.69 bits per heavy atom. The van der Waals surface area contributed by atoms with Crippen molar-refractivity contribution in [1.82, 2.24) is 15.5 Å². The second-order valence-electron chi connectivity index (χ2n) is 5.28. The third kappa shape index (κ3) is 4.10. The number of carbonyl (C=O) groups is 1. The van der Waals surface area contributed by atoms with Crippen LogP contribution in [0.4, 0.5) is 0 Å². The Labute approximate surface area is 155 Å². The molecule has 0 fully saturated rings. The van der Waals surface area contributed by atoms with Crippen molar-refractivity contribution in [2.75, 3.05) is 13.2 Å². The number of benzene rings is 2. The molecule has 6 nitrogen and oxygen atoms in total. The minimum atomic E-state index is -0.246. The monoisotopic (exact) mass is 369 g/mol. The van der Waals surface area contributed by atoms with Gasteiger partial charge in [0.05, 0.1) is 16.1 Å². The van der Waals surface area contributed by atoms with Crippen molar-refractivity contribution in [1.29, 1.82) is 0 Å². The molecule has 1 amide bonds. The molecule has 0 saturated heterocycles. The zero-order valence-electron chi connectivity index (χ0n) is 13.8. The maximum atomic E-state index is 11.7. The van der Waals surface area contributed by atoms with Crippen LogP contribution < -0.4 is 10.1 Å². The van der Waals surface area contributed by atoms with Gasteiger partial charge in [-0.15, -0.1) is 6.58 Å². The van der Waals surface area contributed by atoms with Crippen molar-refractivity contribution in [2.24, 2.45) is 0 Å². The highest BCUT2D eigenvalue weighted by Crippen LogP contribution is 2.31. The van der Waals surface area contributed by atoms with Gasteiger partial charge in [-0.2, -0.15) is 4.98 Å². The Hall–Kier alpha value is -3.12. The number of hydrogen-bond acceptors (Lipinski definition) is 5. The zero-order valence-corrected chi connectivity index (χ0v) is 14.6. The summed E-state index contributed by atoms with van der Waals surface area (Å²) in [6.07, 6.45) is 1.60. The van der Waals surface area contributed by atoms with Gasteiger partial charge in [0.1, 0.15) is 5.75 Å². The molecule has 1 N–H and O–H groups in total. The summed E-state index contributed by atoms with van der Waals surface area (Å²) in [6.45, 7) is 3.81. The van der Waals surface area contributed by atoms with E-state index in [2.05, 4.69) is 22.0 Å². The number of halogens is 1. The summed E-state index contributed by atoms with van der Waals surface area (Å²) >= 11 is 6.17. The molecule has 0 saturated carbocycles. The molecule has 7 heteroatoms. The van der Waals surface area contributed by atoms with E-state index < -0.39 is 0 Å². The van der Waals surface area contributed by atoms with Crippen LogP contribution in [0, 0.1) is 0 Å². The van der Waals surface area contributed by atoms with E-state index in [4.69, 9.17) is 20.9 Å². The number of amides is 1. The molecule has 26 heavy (non-hydrogen) atoms. The predicted octanol–water partition coefficient (Wildman–Crippen LogP) is 3.74. The van der Waals surface area contributed by atoms with Crippen molar-refractivity contribution in [2.45, 2.75) is 0 Å². The first-order chi connectivity index (χ1) is 12.7. The Morgan fingerprint density at radius 1 is 1.19 bits per heavy atom. The molecule has 0 unspecified atom stereocenters. The lowest BCUT2D eigenvalue weighted by Crippen LogP contribution is -2.28. The third-order valence-corrected chi connectivity index (χ3v) is 3.79. The maximum absolute atomic E-state index is 11.7. The zero-order chi connectivity index (χ0) is 18.4. The summed E-state index contributed by atoms with van der Waals surface area (Å²) in [5, 5.41) is 7.17. The first-order valence-corrected chi connectivity index (χ1v) is 8.25. The summed E-state index contributed by atoms with van der Waals surface area (Å²) in [5.74, 6) is 0.892. The molecular weight excluding hydrogens is 354 g/mol. The number of para-hydroxylation sites is 1. The molecule has 132 valence electrons. The minimum Gasteiger partial charge on any atom is -0.483 e. The fourth-order valence-corrected chi connectivity index (χ4v) is 2.45. The molecule has 0 aliphatic carbocycles. The van der Waals surface area contributed by atoms with Crippen LogP contribution in [0.5, 0.6) is 5.75 Å². The molecule has 3 aromatic rings. The van der Waals surface area contributed by atoms with Gasteiger partial charge in [0.25, 0.3) is 11.8 Å². The number of ether oxygens (including phenoxy) is 1. The van der Waals surface area contributed by atoms with Crippen LogP contribution in [0.2, 0.25) is 5.02 Å². The summed E-state index contributed by atoms with van der Waals surface area (Å²) in [6, 6.07) is 14.4. The van der Waals surface area contributed by atoms with Gasteiger partial charge in [0.2, 0.25) is 5.82 Å². The smallest absolute Gasteiger partial charge is 0.259 e. The van der Waals surface area contributed by atoms with Gasteiger partial charge in [-0.1, -0.05) is 47.1 Å². The van der Waals surface area contributed by atoms with Crippen LogP contribution in [-0.2, 0) is 4.79 Å². The normalized spacial score (nSPS) is 10.3. The second kappa shape index (κ2) is 8.31. The SMILES string of the molecule is C=CCNC(=O)COc1ccccc1-c1noc(-c2ccccc2Cl)n1. The Kier molecular flexibility index (Phi) is 5.66. The minimum absolute atomic E-state index is 0.125. The average molecular weight is 370 g/mol. The number of nitrogens with zero attached hydrogens (tertiary/aromatic N) is 2. The van der Waals surface area contributed by atoms with E-state index in [0.717, 1.165) is 0 Å². The fraction of sp³-hybridized carbons (Fsp3) is 0.105. The summed E-state index contributed by atoms with van der Waals surface area (Å²) < 4.78 is 10.9. The van der Waals surface area contributed by atoms with Crippen LogP contribution in [0.3, 0.4) is 0 Å². The topological polar surface area (TPSA) is 77.2 Å². The van der Waals surface area contributed by atoms with Gasteiger partial charge in [-0.25, -0.2) is 0 Å². The molecule has 0 spiro atoms. The summed E-state index contributed by atoms with van der Waals surface area (Å²) in [7, 11) is 0.